The van der Waals surface area contributed by atoms with Crippen molar-refractivity contribution in [2.45, 2.75) is 25.2 Å². The average Bonchev–Trinajstić information content (AvgIpc) is 2.66. The van der Waals surface area contributed by atoms with Crippen LogP contribution in [0.5, 0.6) is 0 Å². The first kappa shape index (κ1) is 20.3. The topological polar surface area (TPSA) is 57.7 Å². The number of amides is 1. The van der Waals surface area contributed by atoms with Gasteiger partial charge < -0.3 is 4.90 Å². The van der Waals surface area contributed by atoms with Crippen LogP contribution < -0.4 is 4.31 Å². The van der Waals surface area contributed by atoms with E-state index in [0.717, 1.165) is 22.9 Å². The first-order valence-corrected chi connectivity index (χ1v) is 10.8. The van der Waals surface area contributed by atoms with Gasteiger partial charge in [-0.15, -0.1) is 0 Å². The highest BCUT2D eigenvalue weighted by Gasteiger charge is 2.31. The van der Waals surface area contributed by atoms with Crippen LogP contribution in [0, 0.1) is 17.7 Å². The number of halogens is 1. The summed E-state index contributed by atoms with van der Waals surface area (Å²) in [6.45, 7) is 5.16. The molecule has 0 saturated carbocycles. The molecule has 2 atom stereocenters. The molecule has 0 bridgehead atoms. The van der Waals surface area contributed by atoms with Gasteiger partial charge in [0.1, 0.15) is 12.4 Å². The second-order valence-electron chi connectivity index (χ2n) is 7.55. The fourth-order valence-electron chi connectivity index (χ4n) is 3.73. The fourth-order valence-corrected chi connectivity index (χ4v) is 5.15. The van der Waals surface area contributed by atoms with Crippen molar-refractivity contribution in [2.24, 2.45) is 11.8 Å². The van der Waals surface area contributed by atoms with Gasteiger partial charge in [0.15, 0.2) is 0 Å². The number of anilines is 1. The van der Waals surface area contributed by atoms with Crippen LogP contribution in [0.1, 0.15) is 20.3 Å². The van der Waals surface area contributed by atoms with Gasteiger partial charge in [-0.2, -0.15) is 0 Å². The lowest BCUT2D eigenvalue weighted by molar-refractivity contribution is -0.132. The number of hydrogen-bond donors (Lipinski definition) is 0. The van der Waals surface area contributed by atoms with Gasteiger partial charge >= 0.3 is 0 Å². The molecule has 2 aromatic carbocycles. The Kier molecular flexibility index (Phi) is 6.03. The number of hydrogen-bond acceptors (Lipinski definition) is 3. The summed E-state index contributed by atoms with van der Waals surface area (Å²) in [6.07, 6.45) is 1.06. The third-order valence-corrected chi connectivity index (χ3v) is 6.73. The van der Waals surface area contributed by atoms with Gasteiger partial charge in [0.05, 0.1) is 10.6 Å². The molecule has 1 heterocycles. The Labute approximate surface area is 165 Å². The number of benzene rings is 2. The van der Waals surface area contributed by atoms with E-state index < -0.39 is 15.8 Å². The van der Waals surface area contributed by atoms with E-state index in [9.17, 15) is 17.6 Å². The quantitative estimate of drug-likeness (QED) is 0.766. The number of rotatable bonds is 5. The van der Waals surface area contributed by atoms with Crippen molar-refractivity contribution >= 4 is 21.6 Å². The van der Waals surface area contributed by atoms with Crippen LogP contribution >= 0.6 is 0 Å². The summed E-state index contributed by atoms with van der Waals surface area (Å²) in [5.41, 5.74) is 0.401. The first-order chi connectivity index (χ1) is 13.3. The molecule has 3 rings (SSSR count). The van der Waals surface area contributed by atoms with Gasteiger partial charge in [-0.25, -0.2) is 12.8 Å². The number of likely N-dealkylation sites (tertiary alicyclic amines) is 1. The minimum absolute atomic E-state index is 0.0501. The van der Waals surface area contributed by atoms with Crippen molar-refractivity contribution in [3.63, 3.8) is 0 Å². The van der Waals surface area contributed by atoms with Crippen LogP contribution in [0.4, 0.5) is 10.1 Å². The molecule has 150 valence electrons. The minimum Gasteiger partial charge on any atom is -0.341 e. The molecule has 0 N–H and O–H groups in total. The molecule has 5 nitrogen and oxygen atoms in total. The predicted octanol–water partition coefficient (Wildman–Crippen LogP) is 3.53. The van der Waals surface area contributed by atoms with Gasteiger partial charge in [0.25, 0.3) is 10.0 Å². The fraction of sp³-hybridized carbons (Fsp3) is 0.381. The van der Waals surface area contributed by atoms with Gasteiger partial charge in [-0.05, 0) is 54.7 Å². The van der Waals surface area contributed by atoms with E-state index in [2.05, 4.69) is 13.8 Å². The summed E-state index contributed by atoms with van der Waals surface area (Å²) in [7, 11) is -4.01. The van der Waals surface area contributed by atoms with Gasteiger partial charge in [-0.3, -0.25) is 9.10 Å². The van der Waals surface area contributed by atoms with Crippen LogP contribution in [0.25, 0.3) is 0 Å². The molecule has 2 aromatic rings. The summed E-state index contributed by atoms with van der Waals surface area (Å²) >= 11 is 0. The number of para-hydroxylation sites is 1. The normalized spacial score (nSPS) is 20.0. The Balaban J connectivity index is 1.92. The molecule has 0 aromatic heterocycles. The number of carbonyl (C=O) groups excluding carboxylic acids is 1. The Morgan fingerprint density at radius 3 is 2.18 bits per heavy atom. The van der Waals surface area contributed by atoms with Crippen molar-refractivity contribution in [3.8, 4) is 0 Å². The summed E-state index contributed by atoms with van der Waals surface area (Å²) in [4.78, 5) is 14.7. The summed E-state index contributed by atoms with van der Waals surface area (Å²) in [5.74, 6) is 0.0173. The molecule has 1 aliphatic heterocycles. The molecule has 0 unspecified atom stereocenters. The van der Waals surface area contributed by atoms with E-state index in [4.69, 9.17) is 0 Å². The van der Waals surface area contributed by atoms with E-state index in [1.54, 1.807) is 35.2 Å². The maximum atomic E-state index is 13.3. The van der Waals surface area contributed by atoms with Gasteiger partial charge in [0, 0.05) is 13.1 Å². The highest BCUT2D eigenvalue weighted by Crippen LogP contribution is 2.25. The zero-order valence-electron chi connectivity index (χ0n) is 16.1. The zero-order valence-corrected chi connectivity index (χ0v) is 16.9. The Hall–Kier alpha value is -2.41. The molecule has 28 heavy (non-hydrogen) atoms. The van der Waals surface area contributed by atoms with E-state index in [1.807, 2.05) is 0 Å². The van der Waals surface area contributed by atoms with E-state index >= 15 is 0 Å². The predicted molar refractivity (Wildman–Crippen MR) is 107 cm³/mol. The van der Waals surface area contributed by atoms with Crippen molar-refractivity contribution in [1.29, 1.82) is 0 Å². The van der Waals surface area contributed by atoms with Crippen molar-refractivity contribution < 1.29 is 17.6 Å². The molecule has 0 aliphatic carbocycles. The second kappa shape index (κ2) is 8.31. The summed E-state index contributed by atoms with van der Waals surface area (Å²) in [6, 6.07) is 13.2. The summed E-state index contributed by atoms with van der Waals surface area (Å²) in [5, 5.41) is 0. The molecule has 1 amide bonds. The molecule has 0 spiro atoms. The smallest absolute Gasteiger partial charge is 0.264 e. The highest BCUT2D eigenvalue weighted by atomic mass is 32.2. The van der Waals surface area contributed by atoms with Crippen LogP contribution in [-0.2, 0) is 14.8 Å². The van der Waals surface area contributed by atoms with E-state index in [0.29, 0.717) is 30.6 Å². The monoisotopic (exact) mass is 404 g/mol. The molecule has 1 aliphatic rings. The van der Waals surface area contributed by atoms with E-state index in [-0.39, 0.29) is 17.3 Å². The molecule has 7 heteroatoms. The Bertz CT molecular complexity index is 906. The molecule has 0 radical (unpaired) electrons. The highest BCUT2D eigenvalue weighted by molar-refractivity contribution is 7.92. The lowest BCUT2D eigenvalue weighted by Crippen LogP contribution is -2.48. The van der Waals surface area contributed by atoms with Crippen molar-refractivity contribution in [1.82, 2.24) is 4.90 Å². The largest absolute Gasteiger partial charge is 0.341 e. The number of piperidine rings is 1. The van der Waals surface area contributed by atoms with E-state index in [1.165, 1.54) is 12.1 Å². The van der Waals surface area contributed by atoms with Gasteiger partial charge in [0.2, 0.25) is 5.91 Å². The minimum atomic E-state index is -4.01. The molecule has 1 saturated heterocycles. The van der Waals surface area contributed by atoms with Crippen LogP contribution in [0.2, 0.25) is 0 Å². The van der Waals surface area contributed by atoms with Gasteiger partial charge in [-0.1, -0.05) is 32.0 Å². The maximum absolute atomic E-state index is 13.3. The molecular formula is C21H25FN2O3S. The first-order valence-electron chi connectivity index (χ1n) is 9.38. The number of nitrogens with zero attached hydrogens (tertiary/aromatic N) is 2. The number of sulfonamides is 1. The second-order valence-corrected chi connectivity index (χ2v) is 9.41. The number of carbonyl (C=O) groups is 1. The zero-order chi connectivity index (χ0) is 20.3. The molecule has 1 fully saturated rings. The maximum Gasteiger partial charge on any atom is 0.264 e. The lowest BCUT2D eigenvalue weighted by Gasteiger charge is -2.36. The molecular weight excluding hydrogens is 379 g/mol. The third-order valence-electron chi connectivity index (χ3n) is 4.95. The lowest BCUT2D eigenvalue weighted by atomic mass is 9.92. The van der Waals surface area contributed by atoms with Crippen LogP contribution in [0.3, 0.4) is 0 Å². The average molecular weight is 405 g/mol. The van der Waals surface area contributed by atoms with Crippen LogP contribution in [-0.4, -0.2) is 38.9 Å². The SMILES string of the molecule is C[C@@H]1C[C@@H](C)CN(C(=O)CN(c2ccccc2)S(=O)(=O)c2ccc(F)cc2)C1. The van der Waals surface area contributed by atoms with Crippen molar-refractivity contribution in [2.75, 3.05) is 23.9 Å². The Morgan fingerprint density at radius 2 is 1.61 bits per heavy atom. The third kappa shape index (κ3) is 4.52. The standard InChI is InChI=1S/C21H25FN2O3S/c1-16-12-17(2)14-23(13-16)21(25)15-24(19-6-4-3-5-7-19)28(26,27)20-10-8-18(22)9-11-20/h3-11,16-17H,12-15H2,1-2H3/t16-,17-/m1/s1. The summed E-state index contributed by atoms with van der Waals surface area (Å²) < 4.78 is 40.8. The van der Waals surface area contributed by atoms with Crippen LogP contribution in [0.15, 0.2) is 59.5 Å². The van der Waals surface area contributed by atoms with Crippen molar-refractivity contribution in [3.05, 3.63) is 60.4 Å². The Morgan fingerprint density at radius 1 is 1.04 bits per heavy atom.